The summed E-state index contributed by atoms with van der Waals surface area (Å²) in [6.45, 7) is 0. The standard InChI is InChI=1S/C21H26N2O10S2/c22-18(20(24)25)12-14-2-6-16(7-3-14)32-34(28,29)10-1-11-35(30,31)33-17-8-4-15(5-9-17)13-19(23)21(26)27/h2-9,18-19H,1,10-13,22-23H2,(H,24,25)(H,26,27)/t18-,19+. The van der Waals surface area contributed by atoms with E-state index in [9.17, 15) is 26.4 Å². The fraction of sp³-hybridized carbons (Fsp3) is 0.333. The minimum atomic E-state index is -4.10. The van der Waals surface area contributed by atoms with Gasteiger partial charge in [0.05, 0.1) is 11.5 Å². The van der Waals surface area contributed by atoms with E-state index in [1.807, 2.05) is 0 Å². The van der Waals surface area contributed by atoms with Gasteiger partial charge in [0.25, 0.3) is 0 Å². The molecule has 192 valence electrons. The van der Waals surface area contributed by atoms with Crippen LogP contribution in [0.1, 0.15) is 17.5 Å². The molecule has 2 atom stereocenters. The van der Waals surface area contributed by atoms with Crippen molar-refractivity contribution in [2.75, 3.05) is 11.5 Å². The molecule has 0 fully saturated rings. The van der Waals surface area contributed by atoms with Gasteiger partial charge in [-0.3, -0.25) is 9.59 Å². The van der Waals surface area contributed by atoms with Crippen molar-refractivity contribution in [1.29, 1.82) is 0 Å². The largest absolute Gasteiger partial charge is 0.480 e. The smallest absolute Gasteiger partial charge is 0.320 e. The molecule has 2 rings (SSSR count). The number of rotatable bonds is 14. The van der Waals surface area contributed by atoms with Gasteiger partial charge in [-0.1, -0.05) is 24.3 Å². The lowest BCUT2D eigenvalue weighted by Crippen LogP contribution is -2.32. The van der Waals surface area contributed by atoms with Crippen molar-refractivity contribution in [3.05, 3.63) is 59.7 Å². The van der Waals surface area contributed by atoms with Crippen LogP contribution in [0.2, 0.25) is 0 Å². The second-order valence-electron chi connectivity index (χ2n) is 7.63. The first-order chi connectivity index (χ1) is 16.3. The first-order valence-electron chi connectivity index (χ1n) is 10.3. The number of carboxylic acids is 2. The summed E-state index contributed by atoms with van der Waals surface area (Å²) in [6.07, 6.45) is -0.181. The zero-order valence-corrected chi connectivity index (χ0v) is 20.1. The Bertz CT molecular complexity index is 1130. The number of hydrogen-bond donors (Lipinski definition) is 4. The predicted octanol–water partition coefficient (Wildman–Crippen LogP) is 0.103. The maximum atomic E-state index is 12.2. The van der Waals surface area contributed by atoms with E-state index in [1.54, 1.807) is 0 Å². The lowest BCUT2D eigenvalue weighted by Gasteiger charge is -2.10. The normalized spacial score (nSPS) is 13.5. The Hall–Kier alpha value is -3.20. The summed E-state index contributed by atoms with van der Waals surface area (Å²) in [5, 5.41) is 17.7. The van der Waals surface area contributed by atoms with E-state index < -0.39 is 55.8 Å². The zero-order valence-electron chi connectivity index (χ0n) is 18.4. The highest BCUT2D eigenvalue weighted by atomic mass is 32.2. The van der Waals surface area contributed by atoms with Gasteiger partial charge in [-0.25, -0.2) is 0 Å². The highest BCUT2D eigenvalue weighted by Crippen LogP contribution is 2.18. The highest BCUT2D eigenvalue weighted by molar-refractivity contribution is 7.88. The molecule has 6 N–H and O–H groups in total. The molecule has 14 heteroatoms. The molecule has 0 aromatic heterocycles. The summed E-state index contributed by atoms with van der Waals surface area (Å²) >= 11 is 0. The van der Waals surface area contributed by atoms with Gasteiger partial charge in [0.1, 0.15) is 23.6 Å². The van der Waals surface area contributed by atoms with Crippen LogP contribution in [-0.4, -0.2) is 62.6 Å². The lowest BCUT2D eigenvalue weighted by molar-refractivity contribution is -0.139. The minimum Gasteiger partial charge on any atom is -0.480 e. The molecule has 2 aromatic rings. The molecular formula is C21H26N2O10S2. The van der Waals surface area contributed by atoms with Crippen molar-refractivity contribution in [3.63, 3.8) is 0 Å². The van der Waals surface area contributed by atoms with Crippen molar-refractivity contribution in [2.24, 2.45) is 11.5 Å². The molecule has 0 aliphatic heterocycles. The van der Waals surface area contributed by atoms with E-state index in [0.717, 1.165) is 0 Å². The van der Waals surface area contributed by atoms with Crippen LogP contribution in [0.4, 0.5) is 0 Å². The number of nitrogens with two attached hydrogens (primary N) is 2. The van der Waals surface area contributed by atoms with Crippen LogP contribution in [0.5, 0.6) is 11.5 Å². The van der Waals surface area contributed by atoms with Crippen LogP contribution >= 0.6 is 0 Å². The molecule has 35 heavy (non-hydrogen) atoms. The predicted molar refractivity (Wildman–Crippen MR) is 125 cm³/mol. The SMILES string of the molecule is N[C@H](Cc1ccc(OS(=O)(=O)CCCS(=O)(=O)Oc2ccc(C[C@H](N)C(=O)O)cc2)cc1)C(=O)O. The third-order valence-electron chi connectivity index (χ3n) is 4.63. The van der Waals surface area contributed by atoms with Crippen molar-refractivity contribution in [2.45, 2.75) is 31.3 Å². The first kappa shape index (κ1) is 28.0. The first-order valence-corrected chi connectivity index (χ1v) is 13.4. The van der Waals surface area contributed by atoms with Crippen molar-refractivity contribution in [1.82, 2.24) is 0 Å². The van der Waals surface area contributed by atoms with E-state index in [0.29, 0.717) is 11.1 Å². The minimum absolute atomic E-state index is 0.0144. The Morgan fingerprint density at radius 2 is 1.00 bits per heavy atom. The topological polar surface area (TPSA) is 213 Å². The maximum absolute atomic E-state index is 12.2. The summed E-state index contributed by atoms with van der Waals surface area (Å²) in [6, 6.07) is 9.09. The number of hydrogen-bond acceptors (Lipinski definition) is 10. The second-order valence-corrected chi connectivity index (χ2v) is 11.0. The summed E-state index contributed by atoms with van der Waals surface area (Å²) in [7, 11) is -8.20. The molecule has 2 aromatic carbocycles. The van der Waals surface area contributed by atoms with Crippen LogP contribution < -0.4 is 19.8 Å². The van der Waals surface area contributed by atoms with Gasteiger partial charge >= 0.3 is 32.2 Å². The molecule has 0 saturated heterocycles. The molecule has 0 saturated carbocycles. The van der Waals surface area contributed by atoms with Gasteiger partial charge in [0.2, 0.25) is 0 Å². The van der Waals surface area contributed by atoms with E-state index in [1.165, 1.54) is 48.5 Å². The van der Waals surface area contributed by atoms with Crippen LogP contribution in [0, 0.1) is 0 Å². The average molecular weight is 531 g/mol. The van der Waals surface area contributed by atoms with Gasteiger partial charge < -0.3 is 30.0 Å². The van der Waals surface area contributed by atoms with E-state index in [-0.39, 0.29) is 30.8 Å². The van der Waals surface area contributed by atoms with Crippen LogP contribution in [0.25, 0.3) is 0 Å². The average Bonchev–Trinajstić information content (AvgIpc) is 2.75. The number of carboxylic acid groups (broad SMARTS) is 2. The fourth-order valence-corrected chi connectivity index (χ4v) is 4.99. The summed E-state index contributed by atoms with van der Waals surface area (Å²) in [5.74, 6) is -3.53. The van der Waals surface area contributed by atoms with Gasteiger partial charge in [0, 0.05) is 0 Å². The highest BCUT2D eigenvalue weighted by Gasteiger charge is 2.19. The molecular weight excluding hydrogens is 504 g/mol. The Labute approximate surface area is 202 Å². The van der Waals surface area contributed by atoms with Crippen molar-refractivity contribution < 1.29 is 45.0 Å². The number of carbonyl (C=O) groups is 2. The number of benzene rings is 2. The van der Waals surface area contributed by atoms with Gasteiger partial charge in [-0.05, 0) is 54.7 Å². The Kier molecular flexibility index (Phi) is 9.59. The van der Waals surface area contributed by atoms with Crippen LogP contribution in [0.15, 0.2) is 48.5 Å². The third kappa shape index (κ3) is 9.90. The summed E-state index contributed by atoms with van der Waals surface area (Å²) < 4.78 is 58.5. The van der Waals surface area contributed by atoms with Gasteiger partial charge in [0.15, 0.2) is 0 Å². The second kappa shape index (κ2) is 12.0. The van der Waals surface area contributed by atoms with E-state index in [2.05, 4.69) is 0 Å². The van der Waals surface area contributed by atoms with E-state index >= 15 is 0 Å². The summed E-state index contributed by atoms with van der Waals surface area (Å²) in [5.41, 5.74) is 12.1. The quantitative estimate of drug-likeness (QED) is 0.239. The third-order valence-corrected chi connectivity index (χ3v) is 7.10. The monoisotopic (exact) mass is 530 g/mol. The molecule has 0 bridgehead atoms. The van der Waals surface area contributed by atoms with E-state index in [4.69, 9.17) is 30.0 Å². The van der Waals surface area contributed by atoms with Crippen molar-refractivity contribution in [3.8, 4) is 11.5 Å². The number of aliphatic carboxylic acids is 2. The Morgan fingerprint density at radius 1 is 0.686 bits per heavy atom. The Balaban J connectivity index is 1.85. The van der Waals surface area contributed by atoms with Crippen LogP contribution in [0.3, 0.4) is 0 Å². The molecule has 0 unspecified atom stereocenters. The van der Waals surface area contributed by atoms with Crippen molar-refractivity contribution >= 4 is 32.2 Å². The maximum Gasteiger partial charge on any atom is 0.320 e. The summed E-state index contributed by atoms with van der Waals surface area (Å²) in [4.78, 5) is 21.6. The molecule has 0 heterocycles. The molecule has 0 amide bonds. The molecule has 0 aliphatic rings. The fourth-order valence-electron chi connectivity index (χ4n) is 2.83. The van der Waals surface area contributed by atoms with Gasteiger partial charge in [-0.2, -0.15) is 16.8 Å². The molecule has 0 aliphatic carbocycles. The van der Waals surface area contributed by atoms with Gasteiger partial charge in [-0.15, -0.1) is 0 Å². The lowest BCUT2D eigenvalue weighted by atomic mass is 10.1. The Morgan fingerprint density at radius 3 is 1.29 bits per heavy atom. The zero-order chi connectivity index (χ0) is 26.2. The molecule has 12 nitrogen and oxygen atoms in total. The van der Waals surface area contributed by atoms with Crippen LogP contribution in [-0.2, 0) is 42.7 Å². The molecule has 0 radical (unpaired) electrons. The molecule has 0 spiro atoms.